The van der Waals surface area contributed by atoms with E-state index < -0.39 is 5.91 Å². The van der Waals surface area contributed by atoms with Gasteiger partial charge in [-0.2, -0.15) is 10.1 Å². The first-order valence-electron chi connectivity index (χ1n) is 6.93. The number of hydrogen-bond acceptors (Lipinski definition) is 3. The van der Waals surface area contributed by atoms with Crippen molar-refractivity contribution in [2.75, 3.05) is 0 Å². The van der Waals surface area contributed by atoms with Crippen LogP contribution in [0.5, 0.6) is 0 Å². The zero-order chi connectivity index (χ0) is 17.4. The smallest absolute Gasteiger partial charge is 0.300 e. The highest BCUT2D eigenvalue weighted by molar-refractivity contribution is 7.17. The average molecular weight is 379 g/mol. The van der Waals surface area contributed by atoms with E-state index in [1.54, 1.807) is 34.5 Å². The summed E-state index contributed by atoms with van der Waals surface area (Å²) >= 11 is 13.8. The van der Waals surface area contributed by atoms with Crippen LogP contribution < -0.4 is 4.80 Å². The lowest BCUT2D eigenvalue weighted by atomic mass is 10.3. The molecule has 1 amide bonds. The number of thiazole rings is 1. The Morgan fingerprint density at radius 2 is 2.12 bits per heavy atom. The molecule has 3 rings (SSSR count). The SMILES string of the molecule is C#CCn1c(=NC(=O)c2cc(C)n(C)n2)sc2c(Cl)ccc(Cl)c21. The lowest BCUT2D eigenvalue weighted by molar-refractivity contribution is 0.0992. The summed E-state index contributed by atoms with van der Waals surface area (Å²) in [4.78, 5) is 17.0. The van der Waals surface area contributed by atoms with Gasteiger partial charge in [0.25, 0.3) is 5.91 Å². The van der Waals surface area contributed by atoms with E-state index in [0.717, 1.165) is 10.4 Å². The van der Waals surface area contributed by atoms with Crippen LogP contribution in [0.15, 0.2) is 23.2 Å². The second-order valence-electron chi connectivity index (χ2n) is 5.09. The van der Waals surface area contributed by atoms with Crippen molar-refractivity contribution in [3.8, 4) is 12.3 Å². The second-order valence-corrected chi connectivity index (χ2v) is 6.89. The summed E-state index contributed by atoms with van der Waals surface area (Å²) < 4.78 is 4.07. The molecular weight excluding hydrogens is 367 g/mol. The van der Waals surface area contributed by atoms with Gasteiger partial charge in [0.1, 0.15) is 0 Å². The fourth-order valence-electron chi connectivity index (χ4n) is 2.24. The van der Waals surface area contributed by atoms with Crippen molar-refractivity contribution in [1.29, 1.82) is 0 Å². The van der Waals surface area contributed by atoms with Gasteiger partial charge in [0.2, 0.25) is 0 Å². The second kappa shape index (κ2) is 6.44. The Labute approximate surface area is 152 Å². The minimum Gasteiger partial charge on any atom is -0.303 e. The number of carbonyl (C=O) groups is 1. The van der Waals surface area contributed by atoms with E-state index in [4.69, 9.17) is 29.6 Å². The minimum absolute atomic E-state index is 0.230. The fourth-order valence-corrected chi connectivity index (χ4v) is 3.89. The third-order valence-electron chi connectivity index (χ3n) is 3.51. The molecule has 0 saturated heterocycles. The number of aromatic nitrogens is 3. The van der Waals surface area contributed by atoms with Crippen LogP contribution >= 0.6 is 34.5 Å². The number of nitrogens with zero attached hydrogens (tertiary/aromatic N) is 4. The van der Waals surface area contributed by atoms with Crippen molar-refractivity contribution in [3.63, 3.8) is 0 Å². The molecule has 0 radical (unpaired) electrons. The highest BCUT2D eigenvalue weighted by atomic mass is 35.5. The molecule has 122 valence electrons. The van der Waals surface area contributed by atoms with E-state index in [1.807, 2.05) is 6.92 Å². The maximum Gasteiger partial charge on any atom is 0.300 e. The molecule has 1 aromatic carbocycles. The summed E-state index contributed by atoms with van der Waals surface area (Å²) in [6.07, 6.45) is 5.45. The first-order chi connectivity index (χ1) is 11.4. The van der Waals surface area contributed by atoms with Gasteiger partial charge in [-0.05, 0) is 25.1 Å². The van der Waals surface area contributed by atoms with Crippen LogP contribution in [0.3, 0.4) is 0 Å². The molecule has 0 unspecified atom stereocenters. The summed E-state index contributed by atoms with van der Waals surface area (Å²) in [5, 5.41) is 5.19. The van der Waals surface area contributed by atoms with Gasteiger partial charge >= 0.3 is 0 Å². The molecule has 0 aliphatic carbocycles. The van der Waals surface area contributed by atoms with Crippen molar-refractivity contribution in [2.24, 2.45) is 12.0 Å². The molecule has 0 bridgehead atoms. The van der Waals surface area contributed by atoms with Crippen LogP contribution in [0.1, 0.15) is 16.2 Å². The number of rotatable bonds is 2. The standard InChI is InChI=1S/C16H12Cl2N4OS/c1-4-7-22-13-10(17)5-6-11(18)14(13)24-16(22)19-15(23)12-8-9(2)21(3)20-12/h1,5-6,8H,7H2,2-3H3. The van der Waals surface area contributed by atoms with Gasteiger partial charge in [-0.1, -0.05) is 40.5 Å². The average Bonchev–Trinajstić information content (AvgIpc) is 3.06. The number of fused-ring (bicyclic) bond motifs is 1. The van der Waals surface area contributed by atoms with Crippen molar-refractivity contribution < 1.29 is 4.79 Å². The van der Waals surface area contributed by atoms with Crippen LogP contribution in [0, 0.1) is 19.3 Å². The zero-order valence-electron chi connectivity index (χ0n) is 12.9. The van der Waals surface area contributed by atoms with Gasteiger partial charge in [-0.25, -0.2) is 0 Å². The summed E-state index contributed by atoms with van der Waals surface area (Å²) in [6.45, 7) is 2.09. The van der Waals surface area contributed by atoms with Gasteiger partial charge < -0.3 is 4.57 Å². The van der Waals surface area contributed by atoms with Gasteiger partial charge in [-0.15, -0.1) is 6.42 Å². The Bertz CT molecular complexity index is 1050. The topological polar surface area (TPSA) is 52.2 Å². The van der Waals surface area contributed by atoms with Crippen LogP contribution in [-0.2, 0) is 13.6 Å². The summed E-state index contributed by atoms with van der Waals surface area (Å²) in [5.74, 6) is 2.11. The summed E-state index contributed by atoms with van der Waals surface area (Å²) in [6, 6.07) is 5.08. The lowest BCUT2D eigenvalue weighted by Crippen LogP contribution is -2.16. The van der Waals surface area contributed by atoms with E-state index in [0.29, 0.717) is 20.4 Å². The zero-order valence-corrected chi connectivity index (χ0v) is 15.2. The number of hydrogen-bond donors (Lipinski definition) is 0. The van der Waals surface area contributed by atoms with Crippen LogP contribution in [-0.4, -0.2) is 20.3 Å². The Hall–Kier alpha value is -2.07. The molecule has 3 aromatic rings. The molecule has 0 fully saturated rings. The molecule has 24 heavy (non-hydrogen) atoms. The van der Waals surface area contributed by atoms with Crippen LogP contribution in [0.4, 0.5) is 0 Å². The Kier molecular flexibility index (Phi) is 4.50. The Morgan fingerprint density at radius 3 is 2.75 bits per heavy atom. The molecule has 0 spiro atoms. The van der Waals surface area contributed by atoms with Gasteiger partial charge in [0.15, 0.2) is 10.5 Å². The largest absolute Gasteiger partial charge is 0.303 e. The molecule has 0 saturated carbocycles. The van der Waals surface area contributed by atoms with Crippen molar-refractivity contribution >= 4 is 50.7 Å². The highest BCUT2D eigenvalue weighted by Gasteiger charge is 2.15. The third-order valence-corrected chi connectivity index (χ3v) is 5.35. The Balaban J connectivity index is 2.23. The number of terminal acetylenes is 1. The predicted octanol–water partition coefficient (Wildman–Crippen LogP) is 3.43. The van der Waals surface area contributed by atoms with Crippen molar-refractivity contribution in [1.82, 2.24) is 14.3 Å². The molecule has 2 heterocycles. The molecule has 5 nitrogen and oxygen atoms in total. The maximum absolute atomic E-state index is 12.4. The quantitative estimate of drug-likeness (QED) is 0.641. The minimum atomic E-state index is -0.441. The lowest BCUT2D eigenvalue weighted by Gasteiger charge is -2.02. The highest BCUT2D eigenvalue weighted by Crippen LogP contribution is 2.31. The molecule has 0 N–H and O–H groups in total. The molecule has 0 aliphatic heterocycles. The molecule has 2 aromatic heterocycles. The first kappa shape index (κ1) is 16.8. The number of halogens is 2. The summed E-state index contributed by atoms with van der Waals surface area (Å²) in [7, 11) is 1.77. The molecule has 0 atom stereocenters. The first-order valence-corrected chi connectivity index (χ1v) is 8.50. The molecular formula is C16H12Cl2N4OS. The van der Waals surface area contributed by atoms with Crippen LogP contribution in [0.25, 0.3) is 10.2 Å². The summed E-state index contributed by atoms with van der Waals surface area (Å²) in [5.41, 5.74) is 1.82. The number of benzene rings is 1. The Morgan fingerprint density at radius 1 is 1.42 bits per heavy atom. The van der Waals surface area contributed by atoms with E-state index in [1.165, 1.54) is 11.3 Å². The van der Waals surface area contributed by atoms with Gasteiger partial charge in [-0.3, -0.25) is 9.48 Å². The molecule has 0 aliphatic rings. The van der Waals surface area contributed by atoms with E-state index in [2.05, 4.69) is 16.0 Å². The fraction of sp³-hybridized carbons (Fsp3) is 0.188. The predicted molar refractivity (Wildman–Crippen MR) is 96.5 cm³/mol. The van der Waals surface area contributed by atoms with Crippen molar-refractivity contribution in [2.45, 2.75) is 13.5 Å². The van der Waals surface area contributed by atoms with Gasteiger partial charge in [0.05, 0.1) is 26.8 Å². The monoisotopic (exact) mass is 378 g/mol. The third kappa shape index (κ3) is 2.86. The molecule has 8 heteroatoms. The van der Waals surface area contributed by atoms with E-state index in [9.17, 15) is 4.79 Å². The van der Waals surface area contributed by atoms with E-state index in [-0.39, 0.29) is 12.2 Å². The normalized spacial score (nSPS) is 11.9. The maximum atomic E-state index is 12.4. The van der Waals surface area contributed by atoms with Crippen molar-refractivity contribution in [3.05, 3.63) is 44.4 Å². The van der Waals surface area contributed by atoms with E-state index >= 15 is 0 Å². The van der Waals surface area contributed by atoms with Gasteiger partial charge in [0, 0.05) is 12.7 Å². The van der Waals surface area contributed by atoms with Crippen LogP contribution in [0.2, 0.25) is 10.0 Å². The number of carbonyl (C=O) groups excluding carboxylic acids is 1. The number of aryl methyl sites for hydroxylation is 2. The number of amides is 1.